The average Bonchev–Trinajstić information content (AvgIpc) is 2.43. The second-order valence-corrected chi connectivity index (χ2v) is 8.73. The van der Waals surface area contributed by atoms with Gasteiger partial charge in [0, 0.05) is 23.9 Å². The van der Waals surface area contributed by atoms with Crippen LogP contribution in [0.3, 0.4) is 0 Å². The molecule has 0 aliphatic carbocycles. The minimum atomic E-state index is -0.904. The molecule has 1 heterocycles. The average molecular weight is 343 g/mol. The number of hydrogen-bond acceptors (Lipinski definition) is 5. The van der Waals surface area contributed by atoms with Gasteiger partial charge in [0.05, 0.1) is 11.3 Å². The van der Waals surface area contributed by atoms with E-state index in [-0.39, 0.29) is 18.5 Å². The molecule has 1 saturated heterocycles. The third-order valence-corrected chi connectivity index (χ3v) is 5.33. The molecule has 6 nitrogen and oxygen atoms in total. The molecule has 2 N–H and O–H groups in total. The number of nitrogens with zero attached hydrogens (tertiary/aromatic N) is 1. The zero-order valence-electron chi connectivity index (χ0n) is 16.0. The molecule has 1 aliphatic rings. The molecule has 2 unspecified atom stereocenters. The number of aliphatic carboxylic acids is 1. The van der Waals surface area contributed by atoms with E-state index in [1.54, 1.807) is 13.8 Å². The molecule has 140 valence electrons. The van der Waals surface area contributed by atoms with Crippen molar-refractivity contribution in [2.24, 2.45) is 11.3 Å². The molecule has 24 heavy (non-hydrogen) atoms. The maximum atomic E-state index is 12.7. The summed E-state index contributed by atoms with van der Waals surface area (Å²) in [5.41, 5.74) is -1.81. The van der Waals surface area contributed by atoms with Crippen LogP contribution in [0.25, 0.3) is 0 Å². The summed E-state index contributed by atoms with van der Waals surface area (Å²) in [5, 5.41) is 20.8. The smallest absolute Gasteiger partial charge is 0.312 e. The van der Waals surface area contributed by atoms with Crippen LogP contribution in [-0.4, -0.2) is 44.5 Å². The van der Waals surface area contributed by atoms with Crippen molar-refractivity contribution >= 4 is 11.9 Å². The van der Waals surface area contributed by atoms with Gasteiger partial charge in [-0.05, 0) is 47.5 Å². The summed E-state index contributed by atoms with van der Waals surface area (Å²) in [7, 11) is 0. The van der Waals surface area contributed by atoms with Crippen molar-refractivity contribution in [3.63, 3.8) is 0 Å². The zero-order chi connectivity index (χ0) is 18.9. The molecule has 0 aromatic carbocycles. The molecule has 0 radical (unpaired) electrons. The first-order valence-corrected chi connectivity index (χ1v) is 8.68. The third-order valence-electron chi connectivity index (χ3n) is 5.33. The van der Waals surface area contributed by atoms with Crippen LogP contribution in [0.5, 0.6) is 0 Å². The lowest BCUT2D eigenvalue weighted by atomic mass is 9.78. The van der Waals surface area contributed by atoms with Gasteiger partial charge in [0.1, 0.15) is 6.10 Å². The van der Waals surface area contributed by atoms with E-state index < -0.39 is 28.4 Å². The van der Waals surface area contributed by atoms with Crippen LogP contribution in [-0.2, 0) is 14.3 Å². The molecule has 1 rings (SSSR count). The quantitative estimate of drug-likeness (QED) is 0.718. The van der Waals surface area contributed by atoms with Gasteiger partial charge >= 0.3 is 11.9 Å². The molecule has 1 aliphatic heterocycles. The van der Waals surface area contributed by atoms with E-state index in [9.17, 15) is 14.8 Å². The van der Waals surface area contributed by atoms with E-state index in [0.29, 0.717) is 19.3 Å². The Labute approximate surface area is 145 Å². The number of carboxylic acid groups (broad SMARTS) is 1. The third kappa shape index (κ3) is 4.48. The molecule has 0 saturated carbocycles. The Morgan fingerprint density at radius 2 is 1.71 bits per heavy atom. The second kappa shape index (κ2) is 7.00. The number of piperidine rings is 1. The van der Waals surface area contributed by atoms with Crippen molar-refractivity contribution in [1.82, 2.24) is 5.06 Å². The fraction of sp³-hybridized carbons (Fsp3) is 0.889. The maximum Gasteiger partial charge on any atom is 0.312 e. The van der Waals surface area contributed by atoms with Crippen molar-refractivity contribution in [2.45, 2.75) is 91.3 Å². The molecule has 0 bridgehead atoms. The molecule has 1 fully saturated rings. The molecule has 0 amide bonds. The molecule has 0 aromatic heterocycles. The van der Waals surface area contributed by atoms with Gasteiger partial charge in [-0.1, -0.05) is 13.8 Å². The zero-order valence-corrected chi connectivity index (χ0v) is 16.0. The molecule has 2 atom stereocenters. The van der Waals surface area contributed by atoms with E-state index in [1.807, 2.05) is 34.6 Å². The fourth-order valence-corrected chi connectivity index (χ4v) is 3.69. The number of ether oxygens (including phenoxy) is 1. The number of carboxylic acids is 1. The van der Waals surface area contributed by atoms with Crippen molar-refractivity contribution in [3.05, 3.63) is 0 Å². The molecular weight excluding hydrogens is 310 g/mol. The van der Waals surface area contributed by atoms with Crippen molar-refractivity contribution in [3.8, 4) is 0 Å². The first kappa shape index (κ1) is 20.9. The monoisotopic (exact) mass is 343 g/mol. The summed E-state index contributed by atoms with van der Waals surface area (Å²) in [6, 6.07) is 0. The lowest BCUT2D eigenvalue weighted by Crippen LogP contribution is -2.61. The van der Waals surface area contributed by atoms with Crippen molar-refractivity contribution in [2.75, 3.05) is 0 Å². The Morgan fingerprint density at radius 3 is 2.08 bits per heavy atom. The predicted octanol–water partition coefficient (Wildman–Crippen LogP) is 3.47. The van der Waals surface area contributed by atoms with Crippen LogP contribution in [0.2, 0.25) is 0 Å². The van der Waals surface area contributed by atoms with E-state index in [2.05, 4.69) is 0 Å². The molecule has 0 aromatic rings. The normalized spacial score (nSPS) is 24.8. The van der Waals surface area contributed by atoms with Gasteiger partial charge in [-0.25, -0.2) is 0 Å². The summed E-state index contributed by atoms with van der Waals surface area (Å²) in [6.45, 7) is 12.9. The largest absolute Gasteiger partial charge is 0.481 e. The van der Waals surface area contributed by atoms with E-state index in [0.717, 1.165) is 0 Å². The summed E-state index contributed by atoms with van der Waals surface area (Å²) < 4.78 is 5.78. The fourth-order valence-electron chi connectivity index (χ4n) is 3.69. The van der Waals surface area contributed by atoms with Gasteiger partial charge in [0.15, 0.2) is 0 Å². The van der Waals surface area contributed by atoms with Crippen molar-refractivity contribution < 1.29 is 24.6 Å². The highest BCUT2D eigenvalue weighted by Crippen LogP contribution is 2.40. The summed E-state index contributed by atoms with van der Waals surface area (Å²) in [6.07, 6.45) is 1.55. The Morgan fingerprint density at radius 1 is 1.25 bits per heavy atom. The van der Waals surface area contributed by atoms with E-state index in [4.69, 9.17) is 9.84 Å². The minimum absolute atomic E-state index is 0.253. The standard InChI is InChI=1S/C18H33NO5/c1-8-18(7,9-12(2)14(20)21)15(22)24-13-10-16(3,4)19(23)17(5,6)11-13/h12-13,23H,8-11H2,1-7H3,(H,20,21). The Kier molecular flexibility index (Phi) is 6.10. The van der Waals surface area contributed by atoms with Crippen LogP contribution < -0.4 is 0 Å². The van der Waals surface area contributed by atoms with Gasteiger partial charge in [-0.15, -0.1) is 0 Å². The number of carbonyl (C=O) groups is 2. The summed E-state index contributed by atoms with van der Waals surface area (Å²) in [4.78, 5) is 23.9. The highest BCUT2D eigenvalue weighted by molar-refractivity contribution is 5.78. The Balaban J connectivity index is 2.87. The number of rotatable bonds is 6. The highest BCUT2D eigenvalue weighted by Gasteiger charge is 2.47. The van der Waals surface area contributed by atoms with E-state index >= 15 is 0 Å². The highest BCUT2D eigenvalue weighted by atomic mass is 16.5. The number of carbonyl (C=O) groups excluding carboxylic acids is 1. The summed E-state index contributed by atoms with van der Waals surface area (Å²) in [5.74, 6) is -1.85. The van der Waals surface area contributed by atoms with Crippen LogP contribution in [0.4, 0.5) is 0 Å². The molecule has 6 heteroatoms. The van der Waals surface area contributed by atoms with Gasteiger partial charge in [0.2, 0.25) is 0 Å². The van der Waals surface area contributed by atoms with Crippen LogP contribution >= 0.6 is 0 Å². The van der Waals surface area contributed by atoms with E-state index in [1.165, 1.54) is 5.06 Å². The van der Waals surface area contributed by atoms with Gasteiger partial charge in [0.25, 0.3) is 0 Å². The van der Waals surface area contributed by atoms with Crippen LogP contribution in [0.1, 0.15) is 74.1 Å². The Hall–Kier alpha value is -1.14. The lowest BCUT2D eigenvalue weighted by molar-refractivity contribution is -0.260. The summed E-state index contributed by atoms with van der Waals surface area (Å²) >= 11 is 0. The Bertz CT molecular complexity index is 470. The first-order valence-electron chi connectivity index (χ1n) is 8.68. The van der Waals surface area contributed by atoms with Gasteiger partial charge in [-0.3, -0.25) is 9.59 Å². The number of esters is 1. The van der Waals surface area contributed by atoms with Gasteiger partial charge in [-0.2, -0.15) is 5.06 Å². The van der Waals surface area contributed by atoms with Crippen LogP contribution in [0, 0.1) is 11.3 Å². The van der Waals surface area contributed by atoms with Crippen LogP contribution in [0.15, 0.2) is 0 Å². The first-order chi connectivity index (χ1) is 10.7. The van der Waals surface area contributed by atoms with Gasteiger partial charge < -0.3 is 15.1 Å². The predicted molar refractivity (Wildman–Crippen MR) is 90.7 cm³/mol. The topological polar surface area (TPSA) is 87.1 Å². The van der Waals surface area contributed by atoms with Crippen molar-refractivity contribution in [1.29, 1.82) is 0 Å². The molecule has 0 spiro atoms. The number of hydrogen-bond donors (Lipinski definition) is 2. The second-order valence-electron chi connectivity index (χ2n) is 8.73. The maximum absolute atomic E-state index is 12.7. The number of hydroxylamine groups is 2. The lowest BCUT2D eigenvalue weighted by Gasteiger charge is -2.51. The SMILES string of the molecule is CCC(C)(CC(C)C(=O)O)C(=O)OC1CC(C)(C)N(O)C(C)(C)C1. The molecular formula is C18H33NO5. The minimum Gasteiger partial charge on any atom is -0.481 e.